The Morgan fingerprint density at radius 1 is 1.27 bits per heavy atom. The van der Waals surface area contributed by atoms with Gasteiger partial charge in [-0.2, -0.15) is 4.98 Å². The summed E-state index contributed by atoms with van der Waals surface area (Å²) < 4.78 is 0. The quantitative estimate of drug-likeness (QED) is 0.875. The van der Waals surface area contributed by atoms with Crippen LogP contribution in [-0.4, -0.2) is 35.2 Å². The molecule has 0 atom stereocenters. The second-order valence-corrected chi connectivity index (χ2v) is 6.98. The third-order valence-electron chi connectivity index (χ3n) is 4.15. The van der Waals surface area contributed by atoms with Gasteiger partial charge in [0.2, 0.25) is 11.9 Å². The minimum Gasteiger partial charge on any atom is -0.317 e. The molecule has 2 N–H and O–H groups in total. The Labute approximate surface area is 130 Å². The van der Waals surface area contributed by atoms with Crippen molar-refractivity contribution >= 4 is 23.9 Å². The summed E-state index contributed by atoms with van der Waals surface area (Å²) in [5.74, 6) is 1.13. The summed E-state index contributed by atoms with van der Waals surface area (Å²) in [5, 5.41) is 6.16. The number of carbonyl (C=O) groups is 1. The van der Waals surface area contributed by atoms with E-state index < -0.39 is 0 Å². The molecule has 0 radical (unpaired) electrons. The van der Waals surface area contributed by atoms with Gasteiger partial charge in [-0.3, -0.25) is 10.1 Å². The molecule has 3 rings (SSSR count). The average Bonchev–Trinajstić information content (AvgIpc) is 2.94. The molecule has 6 nitrogen and oxygen atoms in total. The molecule has 1 fully saturated rings. The summed E-state index contributed by atoms with van der Waals surface area (Å²) in [5.41, 5.74) is 1.94. The largest absolute Gasteiger partial charge is 0.317 e. The lowest BCUT2D eigenvalue weighted by Gasteiger charge is -2.23. The van der Waals surface area contributed by atoms with E-state index >= 15 is 0 Å². The van der Waals surface area contributed by atoms with Gasteiger partial charge >= 0.3 is 0 Å². The molecule has 0 spiro atoms. The summed E-state index contributed by atoms with van der Waals surface area (Å²) in [4.78, 5) is 25.7. The van der Waals surface area contributed by atoms with Crippen LogP contribution in [0, 0.1) is 5.92 Å². The molecule has 3 heterocycles. The zero-order valence-electron chi connectivity index (χ0n) is 13.4. The normalized spacial score (nSPS) is 18.3. The first-order valence-electron chi connectivity index (χ1n) is 7.90. The van der Waals surface area contributed by atoms with E-state index in [1.807, 2.05) is 6.21 Å². The van der Waals surface area contributed by atoms with Gasteiger partial charge in [0.1, 0.15) is 0 Å². The molecule has 6 heteroatoms. The van der Waals surface area contributed by atoms with E-state index in [0.29, 0.717) is 11.8 Å². The first-order chi connectivity index (χ1) is 10.4. The number of amides is 1. The van der Waals surface area contributed by atoms with Gasteiger partial charge in [-0.1, -0.05) is 20.8 Å². The number of aromatic nitrogens is 2. The van der Waals surface area contributed by atoms with Crippen molar-refractivity contribution in [3.05, 3.63) is 11.3 Å². The Morgan fingerprint density at radius 2 is 2.00 bits per heavy atom. The molecule has 0 bridgehead atoms. The van der Waals surface area contributed by atoms with Crippen LogP contribution in [0.3, 0.4) is 0 Å². The predicted octanol–water partition coefficient (Wildman–Crippen LogP) is 1.97. The smallest absolute Gasteiger partial charge is 0.231 e. The molecule has 0 unspecified atom stereocenters. The van der Waals surface area contributed by atoms with Gasteiger partial charge in [-0.25, -0.2) is 9.98 Å². The molecule has 1 amide bonds. The number of nitrogens with one attached hydrogen (secondary N) is 2. The van der Waals surface area contributed by atoms with E-state index in [1.54, 1.807) is 0 Å². The fourth-order valence-corrected chi connectivity index (χ4v) is 2.96. The Hall–Kier alpha value is -1.82. The van der Waals surface area contributed by atoms with Crippen molar-refractivity contribution in [2.75, 3.05) is 18.4 Å². The van der Waals surface area contributed by atoms with Crippen molar-refractivity contribution < 1.29 is 4.79 Å². The van der Waals surface area contributed by atoms with Gasteiger partial charge in [-0.05, 0) is 25.9 Å². The van der Waals surface area contributed by atoms with E-state index in [0.717, 1.165) is 43.6 Å². The molecule has 0 saturated carbocycles. The van der Waals surface area contributed by atoms with Crippen LogP contribution in [0.4, 0.5) is 11.8 Å². The molecule has 2 aliphatic heterocycles. The SMILES string of the molecule is CC(C)(C)c1nc(NC(=O)C2CCNCC2)nc2c1CC=N2. The molecule has 1 saturated heterocycles. The van der Waals surface area contributed by atoms with Crippen LogP contribution in [0.15, 0.2) is 4.99 Å². The van der Waals surface area contributed by atoms with Crippen molar-refractivity contribution in [2.45, 2.75) is 45.4 Å². The zero-order valence-corrected chi connectivity index (χ0v) is 13.4. The van der Waals surface area contributed by atoms with Crippen molar-refractivity contribution in [3.63, 3.8) is 0 Å². The van der Waals surface area contributed by atoms with Gasteiger partial charge in [0.25, 0.3) is 0 Å². The van der Waals surface area contributed by atoms with Gasteiger partial charge in [0, 0.05) is 29.5 Å². The molecular weight excluding hydrogens is 278 g/mol. The van der Waals surface area contributed by atoms with Crippen molar-refractivity contribution in [2.24, 2.45) is 10.9 Å². The van der Waals surface area contributed by atoms with Crippen LogP contribution < -0.4 is 10.6 Å². The number of hydrogen-bond acceptors (Lipinski definition) is 5. The first-order valence-corrected chi connectivity index (χ1v) is 7.90. The standard InChI is InChI=1S/C16H23N5O/c1-16(2,3)12-11-6-9-18-13(11)20-15(19-12)21-14(22)10-4-7-17-8-5-10/h9-10,17H,4-8H2,1-3H3,(H,19,20,21,22). The number of rotatable bonds is 2. The van der Waals surface area contributed by atoms with E-state index in [1.165, 1.54) is 0 Å². The minimum absolute atomic E-state index is 0.0169. The molecule has 2 aliphatic rings. The van der Waals surface area contributed by atoms with Crippen LogP contribution in [-0.2, 0) is 16.6 Å². The Morgan fingerprint density at radius 3 is 2.68 bits per heavy atom. The summed E-state index contributed by atoms with van der Waals surface area (Å²) in [7, 11) is 0. The van der Waals surface area contributed by atoms with Gasteiger partial charge in [0.05, 0.1) is 5.69 Å². The number of anilines is 1. The summed E-state index contributed by atoms with van der Waals surface area (Å²) >= 11 is 0. The number of fused-ring (bicyclic) bond motifs is 1. The van der Waals surface area contributed by atoms with Crippen molar-refractivity contribution in [3.8, 4) is 0 Å². The monoisotopic (exact) mass is 301 g/mol. The molecule has 1 aromatic rings. The second kappa shape index (κ2) is 5.76. The maximum Gasteiger partial charge on any atom is 0.231 e. The summed E-state index contributed by atoms with van der Waals surface area (Å²) in [6.07, 6.45) is 4.35. The van der Waals surface area contributed by atoms with Gasteiger partial charge in [0.15, 0.2) is 5.82 Å². The first kappa shape index (κ1) is 15.1. The number of aliphatic imine (C=N–C) groups is 1. The molecule has 0 aliphatic carbocycles. The fraction of sp³-hybridized carbons (Fsp3) is 0.625. The Bertz CT molecular complexity index is 612. The topological polar surface area (TPSA) is 79.3 Å². The maximum atomic E-state index is 12.4. The fourth-order valence-electron chi connectivity index (χ4n) is 2.96. The molecule has 0 aromatic carbocycles. The summed E-state index contributed by atoms with van der Waals surface area (Å²) in [6.45, 7) is 8.13. The second-order valence-electron chi connectivity index (χ2n) is 6.98. The highest BCUT2D eigenvalue weighted by molar-refractivity contribution is 5.91. The van der Waals surface area contributed by atoms with Crippen LogP contribution in [0.5, 0.6) is 0 Å². The zero-order chi connectivity index (χ0) is 15.7. The Kier molecular flexibility index (Phi) is 3.95. The molecular formula is C16H23N5O. The lowest BCUT2D eigenvalue weighted by Crippen LogP contribution is -2.35. The van der Waals surface area contributed by atoms with Crippen LogP contribution in [0.2, 0.25) is 0 Å². The lowest BCUT2D eigenvalue weighted by atomic mass is 9.88. The molecule has 1 aromatic heterocycles. The number of piperidine rings is 1. The predicted molar refractivity (Wildman–Crippen MR) is 86.8 cm³/mol. The third kappa shape index (κ3) is 3.02. The maximum absolute atomic E-state index is 12.4. The highest BCUT2D eigenvalue weighted by Crippen LogP contribution is 2.33. The number of nitrogens with zero attached hydrogens (tertiary/aromatic N) is 3. The Balaban J connectivity index is 1.85. The van der Waals surface area contributed by atoms with Crippen molar-refractivity contribution in [1.29, 1.82) is 0 Å². The van der Waals surface area contributed by atoms with Gasteiger partial charge in [-0.15, -0.1) is 0 Å². The highest BCUT2D eigenvalue weighted by atomic mass is 16.2. The molecule has 22 heavy (non-hydrogen) atoms. The van der Waals surface area contributed by atoms with E-state index in [4.69, 9.17) is 0 Å². The van der Waals surface area contributed by atoms with Crippen molar-refractivity contribution in [1.82, 2.24) is 15.3 Å². The van der Waals surface area contributed by atoms with Crippen LogP contribution in [0.1, 0.15) is 44.9 Å². The van der Waals surface area contributed by atoms with E-state index in [2.05, 4.69) is 46.4 Å². The van der Waals surface area contributed by atoms with E-state index in [9.17, 15) is 4.79 Å². The van der Waals surface area contributed by atoms with Crippen LogP contribution >= 0.6 is 0 Å². The highest BCUT2D eigenvalue weighted by Gasteiger charge is 2.27. The number of hydrogen-bond donors (Lipinski definition) is 2. The third-order valence-corrected chi connectivity index (χ3v) is 4.15. The average molecular weight is 301 g/mol. The van der Waals surface area contributed by atoms with Gasteiger partial charge < -0.3 is 5.32 Å². The molecule has 118 valence electrons. The number of carbonyl (C=O) groups excluding carboxylic acids is 1. The van der Waals surface area contributed by atoms with Crippen LogP contribution in [0.25, 0.3) is 0 Å². The van der Waals surface area contributed by atoms with E-state index in [-0.39, 0.29) is 17.2 Å². The lowest BCUT2D eigenvalue weighted by molar-refractivity contribution is -0.120. The summed E-state index contributed by atoms with van der Waals surface area (Å²) in [6, 6.07) is 0. The minimum atomic E-state index is -0.102.